The van der Waals surface area contributed by atoms with E-state index in [0.29, 0.717) is 29.7 Å². The van der Waals surface area contributed by atoms with Gasteiger partial charge in [0.1, 0.15) is 5.39 Å². The van der Waals surface area contributed by atoms with E-state index in [0.717, 1.165) is 4.57 Å². The van der Waals surface area contributed by atoms with Crippen LogP contribution in [0.2, 0.25) is 0 Å². The molecule has 2 heterocycles. The zero-order chi connectivity index (χ0) is 14.0. The van der Waals surface area contributed by atoms with E-state index in [2.05, 4.69) is 10.3 Å². The Balaban J connectivity index is 2.68. The van der Waals surface area contributed by atoms with Crippen LogP contribution >= 0.6 is 0 Å². The van der Waals surface area contributed by atoms with Gasteiger partial charge in [-0.25, -0.2) is 9.78 Å². The van der Waals surface area contributed by atoms with Crippen molar-refractivity contribution in [2.24, 2.45) is 14.1 Å². The average Bonchev–Trinajstić information content (AvgIpc) is 2.43. The molecular weight excluding hydrogens is 248 g/mol. The number of anilines is 1. The van der Waals surface area contributed by atoms with E-state index in [9.17, 15) is 9.59 Å². The van der Waals surface area contributed by atoms with Crippen molar-refractivity contribution >= 4 is 16.7 Å². The molecule has 7 nitrogen and oxygen atoms in total. The molecule has 0 aliphatic rings. The first-order valence-corrected chi connectivity index (χ1v) is 5.97. The lowest BCUT2D eigenvalue weighted by Crippen LogP contribution is -2.37. The van der Waals surface area contributed by atoms with Gasteiger partial charge in [0.05, 0.1) is 5.69 Å². The summed E-state index contributed by atoms with van der Waals surface area (Å²) >= 11 is 0. The summed E-state index contributed by atoms with van der Waals surface area (Å²) in [6.45, 7) is 0.619. The van der Waals surface area contributed by atoms with Crippen molar-refractivity contribution in [2.75, 3.05) is 18.5 Å². The predicted octanol–water partition coefficient (Wildman–Crippen LogP) is -0.574. The number of pyridine rings is 1. The summed E-state index contributed by atoms with van der Waals surface area (Å²) in [5.74, 6) is 0. The number of nitrogens with zero attached hydrogens (tertiary/aromatic N) is 3. The number of aryl methyl sites for hydroxylation is 1. The summed E-state index contributed by atoms with van der Waals surface area (Å²) in [7, 11) is 3.02. The number of fused-ring (bicyclic) bond motifs is 1. The lowest BCUT2D eigenvalue weighted by atomic mass is 10.2. The van der Waals surface area contributed by atoms with Gasteiger partial charge in [-0.1, -0.05) is 0 Å². The Morgan fingerprint density at radius 3 is 2.74 bits per heavy atom. The number of aromatic nitrogens is 3. The Bertz CT molecular complexity index is 717. The number of hydrogen-bond acceptors (Lipinski definition) is 5. The van der Waals surface area contributed by atoms with Crippen molar-refractivity contribution in [1.29, 1.82) is 0 Å². The van der Waals surface area contributed by atoms with Crippen molar-refractivity contribution < 1.29 is 5.11 Å². The lowest BCUT2D eigenvalue weighted by molar-refractivity contribution is 0.292. The van der Waals surface area contributed by atoms with Crippen LogP contribution in [0.4, 0.5) is 5.69 Å². The molecule has 0 bridgehead atoms. The molecule has 0 saturated carbocycles. The van der Waals surface area contributed by atoms with Crippen molar-refractivity contribution in [2.45, 2.75) is 6.42 Å². The molecule has 0 aliphatic carbocycles. The van der Waals surface area contributed by atoms with E-state index in [1.165, 1.54) is 11.6 Å². The first-order chi connectivity index (χ1) is 9.07. The average molecular weight is 264 g/mol. The van der Waals surface area contributed by atoms with Crippen molar-refractivity contribution in [1.82, 2.24) is 14.1 Å². The Morgan fingerprint density at radius 2 is 2.05 bits per heavy atom. The second-order valence-electron chi connectivity index (χ2n) is 4.27. The highest BCUT2D eigenvalue weighted by molar-refractivity contribution is 5.87. The van der Waals surface area contributed by atoms with E-state index in [-0.39, 0.29) is 12.2 Å². The van der Waals surface area contributed by atoms with Gasteiger partial charge in [0, 0.05) is 33.4 Å². The van der Waals surface area contributed by atoms with E-state index >= 15 is 0 Å². The summed E-state index contributed by atoms with van der Waals surface area (Å²) in [5.41, 5.74) is 0.187. The maximum absolute atomic E-state index is 12.2. The van der Waals surface area contributed by atoms with Gasteiger partial charge in [0.25, 0.3) is 5.56 Å². The van der Waals surface area contributed by atoms with Crippen LogP contribution in [0.1, 0.15) is 6.42 Å². The molecule has 2 aromatic heterocycles. The van der Waals surface area contributed by atoms with Crippen LogP contribution in [0, 0.1) is 0 Å². The normalized spacial score (nSPS) is 10.9. The van der Waals surface area contributed by atoms with Crippen LogP contribution in [0.3, 0.4) is 0 Å². The van der Waals surface area contributed by atoms with Crippen LogP contribution in [-0.2, 0) is 14.1 Å². The molecule has 102 valence electrons. The Morgan fingerprint density at radius 1 is 1.32 bits per heavy atom. The highest BCUT2D eigenvalue weighted by Gasteiger charge is 2.12. The van der Waals surface area contributed by atoms with Gasteiger partial charge < -0.3 is 10.4 Å². The Kier molecular flexibility index (Phi) is 3.66. The second kappa shape index (κ2) is 5.23. The molecule has 0 aliphatic heterocycles. The Labute approximate surface area is 109 Å². The molecule has 0 unspecified atom stereocenters. The molecule has 0 atom stereocenters. The van der Waals surface area contributed by atoms with Crippen LogP contribution in [0.5, 0.6) is 0 Å². The molecule has 0 spiro atoms. The zero-order valence-corrected chi connectivity index (χ0v) is 10.9. The fourth-order valence-corrected chi connectivity index (χ4v) is 1.94. The van der Waals surface area contributed by atoms with Gasteiger partial charge >= 0.3 is 5.69 Å². The summed E-state index contributed by atoms with van der Waals surface area (Å²) < 4.78 is 2.40. The van der Waals surface area contributed by atoms with Crippen LogP contribution in [0.25, 0.3) is 11.0 Å². The molecule has 0 radical (unpaired) electrons. The highest BCUT2D eigenvalue weighted by Crippen LogP contribution is 2.15. The second-order valence-corrected chi connectivity index (χ2v) is 4.27. The van der Waals surface area contributed by atoms with E-state index < -0.39 is 5.69 Å². The van der Waals surface area contributed by atoms with Crippen molar-refractivity contribution in [3.8, 4) is 0 Å². The molecule has 0 aromatic carbocycles. The van der Waals surface area contributed by atoms with E-state index in [1.807, 2.05) is 0 Å². The van der Waals surface area contributed by atoms with E-state index in [4.69, 9.17) is 5.11 Å². The third kappa shape index (κ3) is 2.24. The molecule has 0 fully saturated rings. The Hall–Kier alpha value is -2.15. The third-order valence-electron chi connectivity index (χ3n) is 2.99. The summed E-state index contributed by atoms with van der Waals surface area (Å²) in [4.78, 5) is 28.1. The maximum atomic E-state index is 12.2. The minimum atomic E-state index is -0.405. The standard InChI is InChI=1S/C12H16N4O3/c1-15-10-9(11(18)16(2)12(15)19)8(4-6-14-10)13-5-3-7-17/h4,6,17H,3,5,7H2,1-2H3,(H,13,14). The molecule has 2 N–H and O–H groups in total. The van der Waals surface area contributed by atoms with Gasteiger partial charge in [-0.05, 0) is 12.5 Å². The van der Waals surface area contributed by atoms with Gasteiger partial charge in [-0.2, -0.15) is 0 Å². The molecule has 2 aromatic rings. The predicted molar refractivity (Wildman–Crippen MR) is 72.4 cm³/mol. The van der Waals surface area contributed by atoms with E-state index in [1.54, 1.807) is 19.3 Å². The molecule has 0 amide bonds. The molecule has 19 heavy (non-hydrogen) atoms. The third-order valence-corrected chi connectivity index (χ3v) is 2.99. The quantitative estimate of drug-likeness (QED) is 0.722. The summed E-state index contributed by atoms with van der Waals surface area (Å²) in [6.07, 6.45) is 2.12. The van der Waals surface area contributed by atoms with Crippen LogP contribution in [0.15, 0.2) is 21.9 Å². The smallest absolute Gasteiger partial charge is 0.332 e. The largest absolute Gasteiger partial charge is 0.396 e. The fourth-order valence-electron chi connectivity index (χ4n) is 1.94. The molecular formula is C12H16N4O3. The number of hydrogen-bond donors (Lipinski definition) is 2. The number of nitrogens with one attached hydrogen (secondary N) is 1. The first-order valence-electron chi connectivity index (χ1n) is 5.97. The fraction of sp³-hybridized carbons (Fsp3) is 0.417. The minimum absolute atomic E-state index is 0.0759. The highest BCUT2D eigenvalue weighted by atomic mass is 16.3. The monoisotopic (exact) mass is 264 g/mol. The summed E-state index contributed by atoms with van der Waals surface area (Å²) in [6, 6.07) is 1.69. The number of aliphatic hydroxyl groups excluding tert-OH is 1. The topological polar surface area (TPSA) is 89.2 Å². The first kappa shape index (κ1) is 13.3. The van der Waals surface area contributed by atoms with Crippen molar-refractivity contribution in [3.05, 3.63) is 33.1 Å². The van der Waals surface area contributed by atoms with Crippen LogP contribution in [-0.4, -0.2) is 32.4 Å². The van der Waals surface area contributed by atoms with Gasteiger partial charge in [-0.15, -0.1) is 0 Å². The number of rotatable bonds is 4. The molecule has 2 rings (SSSR count). The SMILES string of the molecule is Cn1c(=O)c2c(NCCCO)ccnc2n(C)c1=O. The van der Waals surface area contributed by atoms with Gasteiger partial charge in [0.2, 0.25) is 0 Å². The van der Waals surface area contributed by atoms with Crippen LogP contribution < -0.4 is 16.6 Å². The minimum Gasteiger partial charge on any atom is -0.396 e. The molecule has 7 heteroatoms. The summed E-state index contributed by atoms with van der Waals surface area (Å²) in [5, 5.41) is 12.2. The van der Waals surface area contributed by atoms with Crippen molar-refractivity contribution in [3.63, 3.8) is 0 Å². The van der Waals surface area contributed by atoms with Gasteiger partial charge in [-0.3, -0.25) is 13.9 Å². The van der Waals surface area contributed by atoms with Gasteiger partial charge in [0.15, 0.2) is 5.65 Å². The maximum Gasteiger partial charge on any atom is 0.332 e. The number of aliphatic hydroxyl groups is 1. The zero-order valence-electron chi connectivity index (χ0n) is 10.9. The lowest BCUT2D eigenvalue weighted by Gasteiger charge is -2.11. The molecule has 0 saturated heterocycles.